The first kappa shape index (κ1) is 12.9. The second-order valence-electron chi connectivity index (χ2n) is 3.81. The van der Waals surface area contributed by atoms with E-state index in [0.717, 1.165) is 10.2 Å². The third kappa shape index (κ3) is 2.18. The summed E-state index contributed by atoms with van der Waals surface area (Å²) in [6.07, 6.45) is 0. The van der Waals surface area contributed by atoms with Gasteiger partial charge in [0.25, 0.3) is 0 Å². The van der Waals surface area contributed by atoms with Crippen LogP contribution in [0.3, 0.4) is 0 Å². The van der Waals surface area contributed by atoms with E-state index in [0.29, 0.717) is 0 Å². The molecule has 0 fully saturated rings. The van der Waals surface area contributed by atoms with Crippen molar-refractivity contribution >= 4 is 28.6 Å². The van der Waals surface area contributed by atoms with Crippen LogP contribution in [0.1, 0.15) is 34.4 Å². The van der Waals surface area contributed by atoms with Gasteiger partial charge in [-0.25, -0.2) is 0 Å². The van der Waals surface area contributed by atoms with Gasteiger partial charge >= 0.3 is 0 Å². The number of hydrogen-bond donors (Lipinski definition) is 1. The fourth-order valence-corrected chi connectivity index (χ4v) is 2.69. The minimum Gasteiger partial charge on any atom is -0.496 e. The highest BCUT2D eigenvalue weighted by Gasteiger charge is 2.18. The molecule has 1 aromatic rings. The zero-order valence-electron chi connectivity index (χ0n) is 9.81. The lowest BCUT2D eigenvalue weighted by Crippen LogP contribution is -2.02. The van der Waals surface area contributed by atoms with Gasteiger partial charge in [0.15, 0.2) is 0 Å². The summed E-state index contributed by atoms with van der Waals surface area (Å²) in [5, 5.41) is 0.176. The first-order valence-corrected chi connectivity index (χ1v) is 6.23. The molecule has 15 heavy (non-hydrogen) atoms. The lowest BCUT2D eigenvalue weighted by Gasteiger charge is -2.20. The van der Waals surface area contributed by atoms with Crippen LogP contribution >= 0.6 is 28.6 Å². The number of ether oxygens (including phenoxy) is 1. The molecule has 1 rings (SSSR count). The average molecular weight is 289 g/mol. The maximum absolute atomic E-state index is 5.48. The van der Waals surface area contributed by atoms with Gasteiger partial charge in [0, 0.05) is 15.3 Å². The van der Waals surface area contributed by atoms with E-state index >= 15 is 0 Å². The summed E-state index contributed by atoms with van der Waals surface area (Å²) >= 11 is 8.13. The van der Waals surface area contributed by atoms with E-state index in [2.05, 4.69) is 56.3 Å². The largest absolute Gasteiger partial charge is 0.496 e. The van der Waals surface area contributed by atoms with Gasteiger partial charge in [-0.15, -0.1) is 0 Å². The Hall–Kier alpha value is -0.150. The molecule has 3 heteroatoms. The van der Waals surface area contributed by atoms with Crippen LogP contribution in [0.15, 0.2) is 4.47 Å². The molecule has 0 heterocycles. The second kappa shape index (κ2) is 4.79. The summed E-state index contributed by atoms with van der Waals surface area (Å²) < 4.78 is 6.65. The Bertz CT molecular complexity index is 386. The van der Waals surface area contributed by atoms with Crippen LogP contribution in [0.25, 0.3) is 0 Å². The standard InChI is InChI=1S/C12H17BrOS/c1-6-7(2)12(14-5)10(9(4)15)8(3)11(6)13/h9,15H,1-5H3. The highest BCUT2D eigenvalue weighted by molar-refractivity contribution is 9.10. The third-order valence-electron chi connectivity index (χ3n) is 2.83. The zero-order chi connectivity index (χ0) is 11.7. The first-order valence-electron chi connectivity index (χ1n) is 4.93. The van der Waals surface area contributed by atoms with Gasteiger partial charge in [-0.05, 0) is 44.4 Å². The lowest BCUT2D eigenvalue weighted by molar-refractivity contribution is 0.405. The van der Waals surface area contributed by atoms with E-state index in [4.69, 9.17) is 4.74 Å². The molecule has 0 bridgehead atoms. The van der Waals surface area contributed by atoms with Crippen LogP contribution in [0.2, 0.25) is 0 Å². The van der Waals surface area contributed by atoms with Gasteiger partial charge in [0.05, 0.1) is 7.11 Å². The summed E-state index contributed by atoms with van der Waals surface area (Å²) in [6, 6.07) is 0. The van der Waals surface area contributed by atoms with Crippen molar-refractivity contribution in [3.63, 3.8) is 0 Å². The first-order chi connectivity index (χ1) is 6.91. The molecule has 1 atom stereocenters. The molecule has 1 nitrogen and oxygen atoms in total. The van der Waals surface area contributed by atoms with Gasteiger partial charge in [0.2, 0.25) is 0 Å². The summed E-state index contributed by atoms with van der Waals surface area (Å²) in [7, 11) is 1.72. The SMILES string of the molecule is COc1c(C)c(C)c(Br)c(C)c1C(C)S. The highest BCUT2D eigenvalue weighted by Crippen LogP contribution is 2.40. The van der Waals surface area contributed by atoms with Gasteiger partial charge in [-0.1, -0.05) is 15.9 Å². The van der Waals surface area contributed by atoms with Crippen molar-refractivity contribution in [3.8, 4) is 5.75 Å². The molecule has 0 aromatic heterocycles. The Balaban J connectivity index is 3.62. The van der Waals surface area contributed by atoms with Crippen LogP contribution in [-0.4, -0.2) is 7.11 Å². The number of thiol groups is 1. The molecule has 0 radical (unpaired) electrons. The Kier molecular flexibility index (Phi) is 4.13. The van der Waals surface area contributed by atoms with E-state index in [1.165, 1.54) is 22.3 Å². The van der Waals surface area contributed by atoms with Crippen molar-refractivity contribution in [2.45, 2.75) is 32.9 Å². The van der Waals surface area contributed by atoms with Crippen molar-refractivity contribution in [1.82, 2.24) is 0 Å². The predicted octanol–water partition coefficient (Wildman–Crippen LogP) is 4.37. The number of benzene rings is 1. The molecule has 1 aromatic carbocycles. The summed E-state index contributed by atoms with van der Waals surface area (Å²) in [5.74, 6) is 0.968. The van der Waals surface area contributed by atoms with Gasteiger partial charge in [-0.3, -0.25) is 0 Å². The van der Waals surface area contributed by atoms with Crippen LogP contribution in [0, 0.1) is 20.8 Å². The van der Waals surface area contributed by atoms with Crippen molar-refractivity contribution in [3.05, 3.63) is 26.7 Å². The smallest absolute Gasteiger partial charge is 0.126 e. The summed E-state index contributed by atoms with van der Waals surface area (Å²) in [4.78, 5) is 0. The molecule has 0 saturated heterocycles. The van der Waals surface area contributed by atoms with Crippen molar-refractivity contribution in [2.75, 3.05) is 7.11 Å². The molecule has 0 spiro atoms. The molecule has 0 N–H and O–H groups in total. The normalized spacial score (nSPS) is 12.7. The van der Waals surface area contributed by atoms with E-state index in [-0.39, 0.29) is 5.25 Å². The molecular weight excluding hydrogens is 272 g/mol. The monoisotopic (exact) mass is 288 g/mol. The van der Waals surface area contributed by atoms with Crippen LogP contribution in [0.5, 0.6) is 5.75 Å². The van der Waals surface area contributed by atoms with Gasteiger partial charge < -0.3 is 4.74 Å². The molecule has 0 amide bonds. The molecule has 0 aliphatic heterocycles. The summed E-state index contributed by atoms with van der Waals surface area (Å²) in [5.41, 5.74) is 4.82. The molecular formula is C12H17BrOS. The Morgan fingerprint density at radius 2 is 1.67 bits per heavy atom. The molecule has 0 saturated carbocycles. The number of hydrogen-bond acceptors (Lipinski definition) is 2. The molecule has 84 valence electrons. The van der Waals surface area contributed by atoms with Crippen molar-refractivity contribution < 1.29 is 4.74 Å². The maximum atomic E-state index is 5.48. The second-order valence-corrected chi connectivity index (χ2v) is 5.38. The average Bonchev–Trinajstić information content (AvgIpc) is 2.19. The fourth-order valence-electron chi connectivity index (χ4n) is 1.87. The van der Waals surface area contributed by atoms with Crippen molar-refractivity contribution in [1.29, 1.82) is 0 Å². The number of methoxy groups -OCH3 is 1. The van der Waals surface area contributed by atoms with Crippen molar-refractivity contribution in [2.24, 2.45) is 0 Å². The summed E-state index contributed by atoms with van der Waals surface area (Å²) in [6.45, 7) is 8.34. The van der Waals surface area contributed by atoms with Crippen LogP contribution in [-0.2, 0) is 0 Å². The molecule has 1 unspecified atom stereocenters. The third-order valence-corrected chi connectivity index (χ3v) is 4.28. The van der Waals surface area contributed by atoms with Crippen LogP contribution < -0.4 is 4.74 Å². The quantitative estimate of drug-likeness (QED) is 0.795. The maximum Gasteiger partial charge on any atom is 0.126 e. The van der Waals surface area contributed by atoms with E-state index in [1.807, 2.05) is 0 Å². The van der Waals surface area contributed by atoms with E-state index < -0.39 is 0 Å². The topological polar surface area (TPSA) is 9.23 Å². The van der Waals surface area contributed by atoms with E-state index in [9.17, 15) is 0 Å². The lowest BCUT2D eigenvalue weighted by atomic mass is 9.97. The fraction of sp³-hybridized carbons (Fsp3) is 0.500. The Labute approximate surface area is 106 Å². The predicted molar refractivity (Wildman–Crippen MR) is 72.3 cm³/mol. The molecule has 0 aliphatic rings. The van der Waals surface area contributed by atoms with Crippen LogP contribution in [0.4, 0.5) is 0 Å². The zero-order valence-corrected chi connectivity index (χ0v) is 12.3. The Morgan fingerprint density at radius 3 is 2.07 bits per heavy atom. The number of rotatable bonds is 2. The number of halogens is 1. The van der Waals surface area contributed by atoms with E-state index in [1.54, 1.807) is 7.11 Å². The van der Waals surface area contributed by atoms with Gasteiger partial charge in [-0.2, -0.15) is 12.6 Å². The molecule has 0 aliphatic carbocycles. The highest BCUT2D eigenvalue weighted by atomic mass is 79.9. The Morgan fingerprint density at radius 1 is 1.13 bits per heavy atom. The minimum absolute atomic E-state index is 0.176. The van der Waals surface area contributed by atoms with Gasteiger partial charge in [0.1, 0.15) is 5.75 Å². The minimum atomic E-state index is 0.176.